The van der Waals surface area contributed by atoms with E-state index in [4.69, 9.17) is 4.74 Å². The molecule has 0 amide bonds. The molecule has 0 aliphatic heterocycles. The smallest absolute Gasteiger partial charge is 0.0615 e. The third-order valence-corrected chi connectivity index (χ3v) is 1.53. The molecule has 1 N–H and O–H groups in total. The molecule has 0 aromatic heterocycles. The molecule has 1 atom stereocenters. The van der Waals surface area contributed by atoms with Crippen LogP contribution in [0.1, 0.15) is 34.1 Å². The predicted molar refractivity (Wildman–Crippen MR) is 55.5 cm³/mol. The van der Waals surface area contributed by atoms with Crippen LogP contribution in [-0.4, -0.2) is 26.8 Å². The van der Waals surface area contributed by atoms with E-state index in [0.29, 0.717) is 6.04 Å². The third-order valence-electron chi connectivity index (χ3n) is 1.53. The second kappa shape index (κ2) is 10.9. The second-order valence-corrected chi connectivity index (χ2v) is 3.07. The lowest BCUT2D eigenvalue weighted by Gasteiger charge is -2.16. The van der Waals surface area contributed by atoms with Crippen LogP contribution in [0.3, 0.4) is 0 Å². The molecule has 0 saturated heterocycles. The first-order valence-electron chi connectivity index (χ1n) is 4.87. The highest BCUT2D eigenvalue weighted by atomic mass is 16.5. The molecule has 0 aromatic carbocycles. The SMILES string of the molecule is CC.CNC(COC)CC(C)C. The highest BCUT2D eigenvalue weighted by Crippen LogP contribution is 2.03. The zero-order chi connectivity index (χ0) is 9.98. The molecular formula is C10H25NO. The van der Waals surface area contributed by atoms with Crippen LogP contribution in [0.2, 0.25) is 0 Å². The van der Waals surface area contributed by atoms with Gasteiger partial charge < -0.3 is 10.1 Å². The molecule has 0 aliphatic rings. The number of methoxy groups -OCH3 is 1. The van der Waals surface area contributed by atoms with E-state index in [1.165, 1.54) is 6.42 Å². The van der Waals surface area contributed by atoms with Gasteiger partial charge in [0.05, 0.1) is 6.61 Å². The molecular weight excluding hydrogens is 150 g/mol. The van der Waals surface area contributed by atoms with Gasteiger partial charge in [0, 0.05) is 13.2 Å². The van der Waals surface area contributed by atoms with Crippen molar-refractivity contribution < 1.29 is 4.74 Å². The number of rotatable bonds is 5. The van der Waals surface area contributed by atoms with Gasteiger partial charge in [-0.05, 0) is 19.4 Å². The van der Waals surface area contributed by atoms with Gasteiger partial charge in [-0.15, -0.1) is 0 Å². The summed E-state index contributed by atoms with van der Waals surface area (Å²) in [6.45, 7) is 9.26. The van der Waals surface area contributed by atoms with Crippen LogP contribution >= 0.6 is 0 Å². The van der Waals surface area contributed by atoms with Crippen molar-refractivity contribution >= 4 is 0 Å². The molecule has 0 aliphatic carbocycles. The van der Waals surface area contributed by atoms with Crippen molar-refractivity contribution in [2.45, 2.75) is 40.2 Å². The van der Waals surface area contributed by atoms with Crippen LogP contribution in [0.25, 0.3) is 0 Å². The van der Waals surface area contributed by atoms with Gasteiger partial charge in [-0.3, -0.25) is 0 Å². The first-order chi connectivity index (χ1) is 5.70. The lowest BCUT2D eigenvalue weighted by molar-refractivity contribution is 0.160. The molecule has 2 heteroatoms. The molecule has 2 nitrogen and oxygen atoms in total. The van der Waals surface area contributed by atoms with E-state index in [0.717, 1.165) is 12.5 Å². The minimum atomic E-state index is 0.519. The van der Waals surface area contributed by atoms with Crippen LogP contribution in [0.4, 0.5) is 0 Å². The summed E-state index contributed by atoms with van der Waals surface area (Å²) in [4.78, 5) is 0. The second-order valence-electron chi connectivity index (χ2n) is 3.07. The Morgan fingerprint density at radius 2 is 1.75 bits per heavy atom. The molecule has 0 aromatic rings. The highest BCUT2D eigenvalue weighted by Gasteiger charge is 2.06. The van der Waals surface area contributed by atoms with E-state index in [1.807, 2.05) is 20.9 Å². The summed E-state index contributed by atoms with van der Waals surface area (Å²) in [5, 5.41) is 3.21. The number of ether oxygens (including phenoxy) is 1. The van der Waals surface area contributed by atoms with Crippen molar-refractivity contribution in [2.24, 2.45) is 5.92 Å². The fourth-order valence-corrected chi connectivity index (χ4v) is 1.04. The normalized spacial score (nSPS) is 12.2. The summed E-state index contributed by atoms with van der Waals surface area (Å²) in [6.07, 6.45) is 1.18. The van der Waals surface area contributed by atoms with Gasteiger partial charge in [-0.25, -0.2) is 0 Å². The molecule has 0 heterocycles. The average Bonchev–Trinajstić information content (AvgIpc) is 2.07. The molecule has 76 valence electrons. The average molecular weight is 175 g/mol. The quantitative estimate of drug-likeness (QED) is 0.692. The minimum absolute atomic E-state index is 0.519. The van der Waals surface area contributed by atoms with E-state index in [-0.39, 0.29) is 0 Å². The van der Waals surface area contributed by atoms with Gasteiger partial charge in [-0.2, -0.15) is 0 Å². The highest BCUT2D eigenvalue weighted by molar-refractivity contribution is 4.64. The van der Waals surface area contributed by atoms with Crippen LogP contribution < -0.4 is 5.32 Å². The molecule has 0 spiro atoms. The Labute approximate surface area is 77.7 Å². The van der Waals surface area contributed by atoms with Gasteiger partial charge in [0.1, 0.15) is 0 Å². The van der Waals surface area contributed by atoms with Crippen LogP contribution in [0.5, 0.6) is 0 Å². The zero-order valence-corrected chi connectivity index (χ0v) is 9.48. The van der Waals surface area contributed by atoms with Crippen LogP contribution in [0, 0.1) is 5.92 Å². The number of nitrogens with one attached hydrogen (secondary N) is 1. The Balaban J connectivity index is 0. The Hall–Kier alpha value is -0.0800. The van der Waals surface area contributed by atoms with Crippen molar-refractivity contribution in [1.82, 2.24) is 5.32 Å². The maximum absolute atomic E-state index is 5.03. The third kappa shape index (κ3) is 9.92. The van der Waals surface area contributed by atoms with Crippen LogP contribution in [-0.2, 0) is 4.74 Å². The summed E-state index contributed by atoms with van der Waals surface area (Å²) in [7, 11) is 3.72. The summed E-state index contributed by atoms with van der Waals surface area (Å²) in [5.74, 6) is 0.743. The molecule has 0 fully saturated rings. The lowest BCUT2D eigenvalue weighted by Crippen LogP contribution is -2.31. The molecule has 0 rings (SSSR count). The first-order valence-corrected chi connectivity index (χ1v) is 4.87. The Morgan fingerprint density at radius 3 is 2.00 bits per heavy atom. The Kier molecular flexibility index (Phi) is 13.1. The number of hydrogen-bond donors (Lipinski definition) is 1. The van der Waals surface area contributed by atoms with E-state index in [2.05, 4.69) is 19.2 Å². The fraction of sp³-hybridized carbons (Fsp3) is 1.00. The lowest BCUT2D eigenvalue weighted by atomic mass is 10.1. The standard InChI is InChI=1S/C8H19NO.C2H6/c1-7(2)5-8(9-3)6-10-4;1-2/h7-9H,5-6H2,1-4H3;1-2H3. The van der Waals surface area contributed by atoms with E-state index >= 15 is 0 Å². The zero-order valence-electron chi connectivity index (χ0n) is 9.48. The van der Waals surface area contributed by atoms with Crippen molar-refractivity contribution in [2.75, 3.05) is 20.8 Å². The van der Waals surface area contributed by atoms with E-state index < -0.39 is 0 Å². The Morgan fingerprint density at radius 1 is 1.25 bits per heavy atom. The molecule has 1 unspecified atom stereocenters. The summed E-state index contributed by atoms with van der Waals surface area (Å²) in [6, 6.07) is 0.519. The maximum atomic E-state index is 5.03. The largest absolute Gasteiger partial charge is 0.383 e. The van der Waals surface area contributed by atoms with Crippen molar-refractivity contribution in [3.63, 3.8) is 0 Å². The van der Waals surface area contributed by atoms with Crippen molar-refractivity contribution in [3.8, 4) is 0 Å². The summed E-state index contributed by atoms with van der Waals surface area (Å²) >= 11 is 0. The van der Waals surface area contributed by atoms with Gasteiger partial charge in [-0.1, -0.05) is 27.7 Å². The van der Waals surface area contributed by atoms with Crippen molar-refractivity contribution in [3.05, 3.63) is 0 Å². The van der Waals surface area contributed by atoms with E-state index in [1.54, 1.807) is 7.11 Å². The van der Waals surface area contributed by atoms with Gasteiger partial charge in [0.25, 0.3) is 0 Å². The van der Waals surface area contributed by atoms with Crippen LogP contribution in [0.15, 0.2) is 0 Å². The summed E-state index contributed by atoms with van der Waals surface area (Å²) in [5.41, 5.74) is 0. The van der Waals surface area contributed by atoms with Gasteiger partial charge in [0.2, 0.25) is 0 Å². The first kappa shape index (κ1) is 14.4. The number of likely N-dealkylation sites (N-methyl/N-ethyl adjacent to an activating group) is 1. The fourth-order valence-electron chi connectivity index (χ4n) is 1.04. The molecule has 0 bridgehead atoms. The molecule has 0 radical (unpaired) electrons. The molecule has 12 heavy (non-hydrogen) atoms. The molecule has 0 saturated carbocycles. The predicted octanol–water partition coefficient (Wildman–Crippen LogP) is 2.29. The maximum Gasteiger partial charge on any atom is 0.0615 e. The number of hydrogen-bond acceptors (Lipinski definition) is 2. The monoisotopic (exact) mass is 175 g/mol. The summed E-state index contributed by atoms with van der Waals surface area (Å²) < 4.78 is 5.03. The van der Waals surface area contributed by atoms with Crippen molar-refractivity contribution in [1.29, 1.82) is 0 Å². The van der Waals surface area contributed by atoms with Gasteiger partial charge >= 0.3 is 0 Å². The Bertz CT molecular complexity index is 74.2. The van der Waals surface area contributed by atoms with Gasteiger partial charge in [0.15, 0.2) is 0 Å². The topological polar surface area (TPSA) is 21.3 Å². The minimum Gasteiger partial charge on any atom is -0.383 e. The van der Waals surface area contributed by atoms with E-state index in [9.17, 15) is 0 Å².